The van der Waals surface area contributed by atoms with Gasteiger partial charge in [-0.3, -0.25) is 4.79 Å². The summed E-state index contributed by atoms with van der Waals surface area (Å²) in [5.41, 5.74) is 5.57. The first-order valence-electron chi connectivity index (χ1n) is 6.27. The van der Waals surface area contributed by atoms with Crippen LogP contribution in [-0.2, 0) is 4.79 Å². The van der Waals surface area contributed by atoms with Gasteiger partial charge in [-0.05, 0) is 38.4 Å². The van der Waals surface area contributed by atoms with Gasteiger partial charge >= 0.3 is 0 Å². The lowest BCUT2D eigenvalue weighted by atomic mass is 9.97. The Morgan fingerprint density at radius 1 is 1.38 bits per heavy atom. The second kappa shape index (κ2) is 4.96. The zero-order valence-electron chi connectivity index (χ0n) is 10.00. The van der Waals surface area contributed by atoms with Gasteiger partial charge in [0.25, 0.3) is 0 Å². The predicted molar refractivity (Wildman–Crippen MR) is 68.5 cm³/mol. The fourth-order valence-electron chi connectivity index (χ4n) is 2.85. The van der Waals surface area contributed by atoms with Gasteiger partial charge in [0.2, 0.25) is 5.91 Å². The number of hydrogen-bond donors (Lipinski definition) is 2. The van der Waals surface area contributed by atoms with Crippen molar-refractivity contribution in [2.45, 2.75) is 61.8 Å². The Labute approximate surface area is 102 Å². The van der Waals surface area contributed by atoms with Crippen LogP contribution in [0.4, 0.5) is 0 Å². The van der Waals surface area contributed by atoms with Crippen LogP contribution in [0.3, 0.4) is 0 Å². The van der Waals surface area contributed by atoms with E-state index in [-0.39, 0.29) is 5.91 Å². The molecule has 0 saturated heterocycles. The molecule has 3 nitrogen and oxygen atoms in total. The standard InChI is InChI=1S/C12H22N2OS/c1-16-10-5-4-9(8-10)14-11(15)12(13)6-2-3-7-12/h9-10H,2-8,13H2,1H3,(H,14,15). The third kappa shape index (κ3) is 2.54. The molecule has 2 atom stereocenters. The molecule has 0 aliphatic heterocycles. The maximum absolute atomic E-state index is 12.1. The van der Waals surface area contributed by atoms with E-state index < -0.39 is 5.54 Å². The molecule has 16 heavy (non-hydrogen) atoms. The van der Waals surface area contributed by atoms with E-state index >= 15 is 0 Å². The van der Waals surface area contributed by atoms with E-state index in [4.69, 9.17) is 5.73 Å². The molecule has 0 spiro atoms. The fourth-order valence-corrected chi connectivity index (χ4v) is 3.64. The molecule has 0 aromatic rings. The van der Waals surface area contributed by atoms with E-state index in [9.17, 15) is 4.79 Å². The van der Waals surface area contributed by atoms with E-state index in [0.29, 0.717) is 6.04 Å². The van der Waals surface area contributed by atoms with Gasteiger partial charge in [0, 0.05) is 11.3 Å². The van der Waals surface area contributed by atoms with E-state index in [1.54, 1.807) is 0 Å². The molecule has 3 N–H and O–H groups in total. The van der Waals surface area contributed by atoms with Gasteiger partial charge in [-0.2, -0.15) is 11.8 Å². The summed E-state index contributed by atoms with van der Waals surface area (Å²) >= 11 is 1.91. The lowest BCUT2D eigenvalue weighted by Gasteiger charge is -2.25. The summed E-state index contributed by atoms with van der Waals surface area (Å²) in [5.74, 6) is 0.0942. The normalized spacial score (nSPS) is 32.9. The Hall–Kier alpha value is -0.220. The Kier molecular flexibility index (Phi) is 3.80. The molecule has 2 aliphatic carbocycles. The molecule has 0 aromatic heterocycles. The Morgan fingerprint density at radius 2 is 2.06 bits per heavy atom. The summed E-state index contributed by atoms with van der Waals surface area (Å²) in [6, 6.07) is 0.367. The van der Waals surface area contributed by atoms with Crippen molar-refractivity contribution >= 4 is 17.7 Å². The van der Waals surface area contributed by atoms with Gasteiger partial charge in [-0.25, -0.2) is 0 Å². The summed E-state index contributed by atoms with van der Waals surface area (Å²) in [6.07, 6.45) is 9.52. The molecule has 0 radical (unpaired) electrons. The molecule has 0 bridgehead atoms. The highest BCUT2D eigenvalue weighted by Gasteiger charge is 2.38. The monoisotopic (exact) mass is 242 g/mol. The van der Waals surface area contributed by atoms with Crippen molar-refractivity contribution in [3.05, 3.63) is 0 Å². The van der Waals surface area contributed by atoms with Crippen LogP contribution in [0.5, 0.6) is 0 Å². The zero-order valence-corrected chi connectivity index (χ0v) is 10.8. The molecular formula is C12H22N2OS. The van der Waals surface area contributed by atoms with Crippen LogP contribution in [0.1, 0.15) is 44.9 Å². The lowest BCUT2D eigenvalue weighted by molar-refractivity contribution is -0.126. The second-order valence-electron chi connectivity index (χ2n) is 5.20. The van der Waals surface area contributed by atoms with Crippen LogP contribution in [0.15, 0.2) is 0 Å². The van der Waals surface area contributed by atoms with Crippen LogP contribution >= 0.6 is 11.8 Å². The van der Waals surface area contributed by atoms with Crippen LogP contribution in [-0.4, -0.2) is 29.0 Å². The van der Waals surface area contributed by atoms with Crippen molar-refractivity contribution < 1.29 is 4.79 Å². The average Bonchev–Trinajstić information content (AvgIpc) is 2.88. The Balaban J connectivity index is 1.83. The van der Waals surface area contributed by atoms with E-state index in [1.165, 1.54) is 6.42 Å². The highest BCUT2D eigenvalue weighted by molar-refractivity contribution is 7.99. The largest absolute Gasteiger partial charge is 0.352 e. The van der Waals surface area contributed by atoms with Gasteiger partial charge in [0.05, 0.1) is 5.54 Å². The van der Waals surface area contributed by atoms with Crippen molar-refractivity contribution in [2.24, 2.45) is 5.73 Å². The van der Waals surface area contributed by atoms with Gasteiger partial charge < -0.3 is 11.1 Å². The number of carbonyl (C=O) groups is 1. The number of nitrogens with two attached hydrogens (primary N) is 1. The molecule has 2 unspecified atom stereocenters. The molecule has 2 rings (SSSR count). The average molecular weight is 242 g/mol. The molecule has 0 heterocycles. The maximum Gasteiger partial charge on any atom is 0.240 e. The third-order valence-corrected chi connectivity index (χ3v) is 5.10. The number of thioether (sulfide) groups is 1. The summed E-state index contributed by atoms with van der Waals surface area (Å²) in [4.78, 5) is 12.1. The van der Waals surface area contributed by atoms with Gasteiger partial charge in [0.1, 0.15) is 0 Å². The minimum absolute atomic E-state index is 0.0942. The molecule has 92 valence electrons. The van der Waals surface area contributed by atoms with Gasteiger partial charge in [0.15, 0.2) is 0 Å². The van der Waals surface area contributed by atoms with E-state index in [2.05, 4.69) is 11.6 Å². The van der Waals surface area contributed by atoms with Crippen LogP contribution in [0.25, 0.3) is 0 Å². The van der Waals surface area contributed by atoms with Crippen LogP contribution in [0.2, 0.25) is 0 Å². The molecule has 1 amide bonds. The first kappa shape index (κ1) is 12.2. The molecule has 0 aromatic carbocycles. The maximum atomic E-state index is 12.1. The van der Waals surface area contributed by atoms with Crippen molar-refractivity contribution in [3.8, 4) is 0 Å². The molecule has 2 aliphatic rings. The molecule has 2 saturated carbocycles. The summed E-state index contributed by atoms with van der Waals surface area (Å²) in [7, 11) is 0. The van der Waals surface area contributed by atoms with Crippen LogP contribution < -0.4 is 11.1 Å². The summed E-state index contributed by atoms with van der Waals surface area (Å²) in [6.45, 7) is 0. The number of nitrogens with one attached hydrogen (secondary N) is 1. The van der Waals surface area contributed by atoms with Crippen molar-refractivity contribution in [2.75, 3.05) is 6.26 Å². The molecular weight excluding hydrogens is 220 g/mol. The number of carbonyl (C=O) groups excluding carboxylic acids is 1. The minimum Gasteiger partial charge on any atom is -0.352 e. The fraction of sp³-hybridized carbons (Fsp3) is 0.917. The molecule has 2 fully saturated rings. The highest BCUT2D eigenvalue weighted by atomic mass is 32.2. The smallest absolute Gasteiger partial charge is 0.240 e. The second-order valence-corrected chi connectivity index (χ2v) is 6.34. The minimum atomic E-state index is -0.558. The lowest BCUT2D eigenvalue weighted by Crippen LogP contribution is -2.54. The van der Waals surface area contributed by atoms with Crippen molar-refractivity contribution in [1.82, 2.24) is 5.32 Å². The SMILES string of the molecule is CSC1CCC(NC(=O)C2(N)CCCC2)C1. The Bertz CT molecular complexity index is 264. The molecule has 4 heteroatoms. The quantitative estimate of drug-likeness (QED) is 0.791. The first-order chi connectivity index (χ1) is 7.64. The highest BCUT2D eigenvalue weighted by Crippen LogP contribution is 2.30. The topological polar surface area (TPSA) is 55.1 Å². The van der Waals surface area contributed by atoms with Crippen molar-refractivity contribution in [3.63, 3.8) is 0 Å². The van der Waals surface area contributed by atoms with E-state index in [1.807, 2.05) is 11.8 Å². The van der Waals surface area contributed by atoms with E-state index in [0.717, 1.165) is 43.8 Å². The number of hydrogen-bond acceptors (Lipinski definition) is 3. The summed E-state index contributed by atoms with van der Waals surface area (Å²) in [5, 5.41) is 3.87. The predicted octanol–water partition coefficient (Wildman–Crippen LogP) is 1.66. The number of rotatable bonds is 3. The number of amides is 1. The Morgan fingerprint density at radius 3 is 2.62 bits per heavy atom. The van der Waals surface area contributed by atoms with Crippen molar-refractivity contribution in [1.29, 1.82) is 0 Å². The van der Waals surface area contributed by atoms with Crippen LogP contribution in [0, 0.1) is 0 Å². The van der Waals surface area contributed by atoms with Gasteiger partial charge in [-0.15, -0.1) is 0 Å². The van der Waals surface area contributed by atoms with Gasteiger partial charge in [-0.1, -0.05) is 12.8 Å². The first-order valence-corrected chi connectivity index (χ1v) is 7.55. The zero-order chi connectivity index (χ0) is 11.6. The summed E-state index contributed by atoms with van der Waals surface area (Å²) < 4.78 is 0. The third-order valence-electron chi connectivity index (χ3n) is 4.00.